The van der Waals surface area contributed by atoms with Crippen LogP contribution in [0, 0.1) is 5.82 Å². The van der Waals surface area contributed by atoms with Crippen molar-refractivity contribution in [2.75, 3.05) is 0 Å². The number of carboxylic acids is 1. The van der Waals surface area contributed by atoms with E-state index in [-0.39, 0.29) is 18.8 Å². The molecule has 1 aromatic carbocycles. The molecule has 18 heavy (non-hydrogen) atoms. The predicted octanol–water partition coefficient (Wildman–Crippen LogP) is 1.86. The third-order valence-electron chi connectivity index (χ3n) is 2.27. The molecule has 2 rings (SSSR count). The molecule has 7 heteroatoms. The molecule has 0 amide bonds. The van der Waals surface area contributed by atoms with E-state index in [1.54, 1.807) is 12.1 Å². The van der Waals surface area contributed by atoms with Crippen LogP contribution in [-0.2, 0) is 17.8 Å². The van der Waals surface area contributed by atoms with Gasteiger partial charge < -0.3 is 5.11 Å². The SMILES string of the molecule is O=C(O)Cc1cn(Cc2ccc(Br)cc2F)nn1. The number of carboxylic acid groups (broad SMARTS) is 1. The summed E-state index contributed by atoms with van der Waals surface area (Å²) in [6.45, 7) is 0.214. The highest BCUT2D eigenvalue weighted by atomic mass is 79.9. The Morgan fingerprint density at radius 1 is 1.50 bits per heavy atom. The third-order valence-corrected chi connectivity index (χ3v) is 2.76. The molecule has 1 N–H and O–H groups in total. The summed E-state index contributed by atoms with van der Waals surface area (Å²) in [5.74, 6) is -1.32. The van der Waals surface area contributed by atoms with E-state index in [4.69, 9.17) is 5.11 Å². The van der Waals surface area contributed by atoms with Crippen molar-refractivity contribution in [3.63, 3.8) is 0 Å². The van der Waals surface area contributed by atoms with Crippen LogP contribution in [0.5, 0.6) is 0 Å². The van der Waals surface area contributed by atoms with Gasteiger partial charge in [0.25, 0.3) is 0 Å². The van der Waals surface area contributed by atoms with Crippen LogP contribution in [0.1, 0.15) is 11.3 Å². The Labute approximate surface area is 110 Å². The molecule has 2 aromatic rings. The first-order valence-electron chi connectivity index (χ1n) is 5.09. The number of nitrogens with zero attached hydrogens (tertiary/aromatic N) is 3. The molecule has 1 heterocycles. The largest absolute Gasteiger partial charge is 0.481 e. The highest BCUT2D eigenvalue weighted by Gasteiger charge is 2.08. The van der Waals surface area contributed by atoms with Crippen LogP contribution in [0.2, 0.25) is 0 Å². The molecule has 0 unspecified atom stereocenters. The summed E-state index contributed by atoms with van der Waals surface area (Å²) in [6.07, 6.45) is 1.30. The van der Waals surface area contributed by atoms with Crippen LogP contribution in [0.15, 0.2) is 28.9 Å². The normalized spacial score (nSPS) is 10.6. The zero-order valence-corrected chi connectivity index (χ0v) is 10.8. The smallest absolute Gasteiger partial charge is 0.309 e. The minimum Gasteiger partial charge on any atom is -0.481 e. The molecule has 0 aliphatic rings. The van der Waals surface area contributed by atoms with Crippen molar-refractivity contribution in [1.82, 2.24) is 15.0 Å². The lowest BCUT2D eigenvalue weighted by Crippen LogP contribution is -2.03. The van der Waals surface area contributed by atoms with Crippen LogP contribution in [0.4, 0.5) is 4.39 Å². The maximum absolute atomic E-state index is 13.6. The molecule has 0 radical (unpaired) electrons. The minimum absolute atomic E-state index is 0.192. The number of hydrogen-bond acceptors (Lipinski definition) is 3. The summed E-state index contributed by atoms with van der Waals surface area (Å²) in [7, 11) is 0. The van der Waals surface area contributed by atoms with E-state index in [9.17, 15) is 9.18 Å². The van der Waals surface area contributed by atoms with Gasteiger partial charge in [-0.1, -0.05) is 27.2 Å². The van der Waals surface area contributed by atoms with E-state index in [1.807, 2.05) is 0 Å². The van der Waals surface area contributed by atoms with Gasteiger partial charge in [-0.2, -0.15) is 0 Å². The van der Waals surface area contributed by atoms with Gasteiger partial charge in [-0.05, 0) is 12.1 Å². The Kier molecular flexibility index (Phi) is 3.71. The van der Waals surface area contributed by atoms with Gasteiger partial charge in [0.1, 0.15) is 5.82 Å². The second kappa shape index (κ2) is 5.26. The molecule has 5 nitrogen and oxygen atoms in total. The third kappa shape index (κ3) is 3.13. The van der Waals surface area contributed by atoms with E-state index in [1.165, 1.54) is 16.9 Å². The van der Waals surface area contributed by atoms with Gasteiger partial charge >= 0.3 is 5.97 Å². The fraction of sp³-hybridized carbons (Fsp3) is 0.182. The molecular weight excluding hydrogens is 305 g/mol. The first kappa shape index (κ1) is 12.7. The summed E-state index contributed by atoms with van der Waals surface area (Å²) in [5.41, 5.74) is 0.810. The Morgan fingerprint density at radius 3 is 2.94 bits per heavy atom. The fourth-order valence-electron chi connectivity index (χ4n) is 1.48. The van der Waals surface area contributed by atoms with E-state index >= 15 is 0 Å². The summed E-state index contributed by atoms with van der Waals surface area (Å²) >= 11 is 3.17. The second-order valence-corrected chi connectivity index (χ2v) is 4.63. The van der Waals surface area contributed by atoms with Crippen molar-refractivity contribution in [1.29, 1.82) is 0 Å². The van der Waals surface area contributed by atoms with Crippen molar-refractivity contribution in [2.24, 2.45) is 0 Å². The number of rotatable bonds is 4. The Balaban J connectivity index is 2.13. The van der Waals surface area contributed by atoms with Crippen LogP contribution in [0.3, 0.4) is 0 Å². The molecule has 0 spiro atoms. The first-order chi connectivity index (χ1) is 8.54. The average molecular weight is 314 g/mol. The maximum Gasteiger partial charge on any atom is 0.309 e. The Bertz CT molecular complexity index is 585. The van der Waals surface area contributed by atoms with E-state index in [0.29, 0.717) is 15.7 Å². The molecule has 0 saturated carbocycles. The topological polar surface area (TPSA) is 68.0 Å². The molecular formula is C11H9BrFN3O2. The zero-order valence-electron chi connectivity index (χ0n) is 9.18. The molecule has 0 bridgehead atoms. The van der Waals surface area contributed by atoms with Gasteiger partial charge in [0, 0.05) is 16.2 Å². The number of hydrogen-bond donors (Lipinski definition) is 1. The Morgan fingerprint density at radius 2 is 2.28 bits per heavy atom. The zero-order chi connectivity index (χ0) is 13.1. The molecule has 0 aliphatic carbocycles. The summed E-state index contributed by atoms with van der Waals surface area (Å²) in [4.78, 5) is 10.5. The molecule has 94 valence electrons. The molecule has 0 saturated heterocycles. The monoisotopic (exact) mass is 313 g/mol. The number of benzene rings is 1. The number of halogens is 2. The predicted molar refractivity (Wildman–Crippen MR) is 64.6 cm³/mol. The van der Waals surface area contributed by atoms with Gasteiger partial charge in [0.05, 0.1) is 18.7 Å². The number of aliphatic carboxylic acids is 1. The van der Waals surface area contributed by atoms with Gasteiger partial charge in [0.15, 0.2) is 0 Å². The van der Waals surface area contributed by atoms with Gasteiger partial charge in [-0.25, -0.2) is 9.07 Å². The molecule has 1 aromatic heterocycles. The standard InChI is InChI=1S/C11H9BrFN3O2/c12-8-2-1-7(10(13)3-8)5-16-6-9(14-15-16)4-11(17)18/h1-3,6H,4-5H2,(H,17,18). The molecule has 0 aliphatic heterocycles. The molecule has 0 fully saturated rings. The summed E-state index contributed by atoms with van der Waals surface area (Å²) in [5, 5.41) is 16.1. The van der Waals surface area contributed by atoms with E-state index in [2.05, 4.69) is 26.2 Å². The first-order valence-corrected chi connectivity index (χ1v) is 5.88. The van der Waals surface area contributed by atoms with Crippen LogP contribution in [0.25, 0.3) is 0 Å². The van der Waals surface area contributed by atoms with E-state index < -0.39 is 5.97 Å². The quantitative estimate of drug-likeness (QED) is 0.935. The van der Waals surface area contributed by atoms with Crippen molar-refractivity contribution < 1.29 is 14.3 Å². The second-order valence-electron chi connectivity index (χ2n) is 3.71. The average Bonchev–Trinajstić information content (AvgIpc) is 2.69. The fourth-order valence-corrected chi connectivity index (χ4v) is 1.81. The minimum atomic E-state index is -0.975. The lowest BCUT2D eigenvalue weighted by atomic mass is 10.2. The Hall–Kier alpha value is -1.76. The lowest BCUT2D eigenvalue weighted by molar-refractivity contribution is -0.136. The van der Waals surface area contributed by atoms with Gasteiger partial charge in [-0.15, -0.1) is 5.10 Å². The number of aromatic nitrogens is 3. The highest BCUT2D eigenvalue weighted by Crippen LogP contribution is 2.16. The van der Waals surface area contributed by atoms with Gasteiger partial charge in [0.2, 0.25) is 0 Å². The summed E-state index contributed by atoms with van der Waals surface area (Å²) < 4.78 is 15.6. The lowest BCUT2D eigenvalue weighted by Gasteiger charge is -2.02. The van der Waals surface area contributed by atoms with Crippen molar-refractivity contribution >= 4 is 21.9 Å². The highest BCUT2D eigenvalue weighted by molar-refractivity contribution is 9.10. The van der Waals surface area contributed by atoms with Crippen LogP contribution in [-0.4, -0.2) is 26.1 Å². The van der Waals surface area contributed by atoms with Crippen molar-refractivity contribution in [3.05, 3.63) is 45.9 Å². The van der Waals surface area contributed by atoms with Crippen LogP contribution < -0.4 is 0 Å². The van der Waals surface area contributed by atoms with Crippen molar-refractivity contribution in [2.45, 2.75) is 13.0 Å². The van der Waals surface area contributed by atoms with Crippen LogP contribution >= 0.6 is 15.9 Å². The summed E-state index contributed by atoms with van der Waals surface area (Å²) in [6, 6.07) is 4.73. The van der Waals surface area contributed by atoms with E-state index in [0.717, 1.165) is 0 Å². The molecule has 0 atom stereocenters. The van der Waals surface area contributed by atoms with Crippen molar-refractivity contribution in [3.8, 4) is 0 Å². The maximum atomic E-state index is 13.6. The van der Waals surface area contributed by atoms with Gasteiger partial charge in [-0.3, -0.25) is 4.79 Å². The number of carbonyl (C=O) groups is 1.